The molecule has 0 bridgehead atoms. The standard InChI is InChI=1S/C17H17BrO/c1-12-6-7-17(14(8-12)10-18)19-11-15-9-13-4-2-3-5-16(13)15/h2-8,15H,9-11H2,1H3. The summed E-state index contributed by atoms with van der Waals surface area (Å²) >= 11 is 3.53. The summed E-state index contributed by atoms with van der Waals surface area (Å²) in [5, 5.41) is 0.839. The van der Waals surface area contributed by atoms with Crippen molar-refractivity contribution in [1.29, 1.82) is 0 Å². The Balaban J connectivity index is 1.68. The van der Waals surface area contributed by atoms with Gasteiger partial charge in [-0.1, -0.05) is 57.9 Å². The highest BCUT2D eigenvalue weighted by Crippen LogP contribution is 2.35. The second-order valence-corrected chi connectivity index (χ2v) is 5.72. The van der Waals surface area contributed by atoms with Crippen LogP contribution in [0.25, 0.3) is 0 Å². The number of hydrogen-bond donors (Lipinski definition) is 0. The van der Waals surface area contributed by atoms with E-state index < -0.39 is 0 Å². The van der Waals surface area contributed by atoms with Gasteiger partial charge in [0.15, 0.2) is 0 Å². The quantitative estimate of drug-likeness (QED) is 0.748. The Morgan fingerprint density at radius 3 is 2.84 bits per heavy atom. The van der Waals surface area contributed by atoms with Crippen LogP contribution in [0.2, 0.25) is 0 Å². The molecule has 0 spiro atoms. The molecule has 2 heteroatoms. The minimum atomic E-state index is 0.556. The summed E-state index contributed by atoms with van der Waals surface area (Å²) in [6, 6.07) is 15.0. The van der Waals surface area contributed by atoms with E-state index in [0.29, 0.717) is 5.92 Å². The van der Waals surface area contributed by atoms with Crippen LogP contribution in [0.5, 0.6) is 5.75 Å². The lowest BCUT2D eigenvalue weighted by atomic mass is 9.78. The van der Waals surface area contributed by atoms with E-state index >= 15 is 0 Å². The zero-order chi connectivity index (χ0) is 13.2. The molecule has 0 N–H and O–H groups in total. The van der Waals surface area contributed by atoms with Gasteiger partial charge in [0.2, 0.25) is 0 Å². The molecule has 0 aliphatic heterocycles. The smallest absolute Gasteiger partial charge is 0.123 e. The normalized spacial score (nSPS) is 16.6. The Labute approximate surface area is 122 Å². The fourth-order valence-electron chi connectivity index (χ4n) is 2.66. The largest absolute Gasteiger partial charge is 0.493 e. The first-order valence-electron chi connectivity index (χ1n) is 6.64. The Hall–Kier alpha value is -1.28. The number of rotatable bonds is 4. The summed E-state index contributed by atoms with van der Waals surface area (Å²) in [6.45, 7) is 2.89. The lowest BCUT2D eigenvalue weighted by Gasteiger charge is -2.30. The highest BCUT2D eigenvalue weighted by atomic mass is 79.9. The average Bonchev–Trinajstić information content (AvgIpc) is 2.41. The Morgan fingerprint density at radius 1 is 1.21 bits per heavy atom. The molecule has 1 aliphatic carbocycles. The van der Waals surface area contributed by atoms with Crippen LogP contribution in [-0.4, -0.2) is 6.61 Å². The van der Waals surface area contributed by atoms with Gasteiger partial charge in [0.25, 0.3) is 0 Å². The first-order chi connectivity index (χ1) is 9.28. The first kappa shape index (κ1) is 12.7. The van der Waals surface area contributed by atoms with Gasteiger partial charge in [0, 0.05) is 16.8 Å². The fraction of sp³-hybridized carbons (Fsp3) is 0.294. The maximum Gasteiger partial charge on any atom is 0.123 e. The van der Waals surface area contributed by atoms with Crippen LogP contribution in [0.15, 0.2) is 42.5 Å². The second kappa shape index (κ2) is 5.38. The van der Waals surface area contributed by atoms with Crippen molar-refractivity contribution in [2.45, 2.75) is 24.6 Å². The average molecular weight is 317 g/mol. The van der Waals surface area contributed by atoms with Gasteiger partial charge in [-0.3, -0.25) is 0 Å². The third-order valence-corrected chi connectivity index (χ3v) is 4.37. The van der Waals surface area contributed by atoms with Crippen molar-refractivity contribution in [1.82, 2.24) is 0 Å². The van der Waals surface area contributed by atoms with Crippen molar-refractivity contribution in [3.63, 3.8) is 0 Å². The molecule has 19 heavy (non-hydrogen) atoms. The second-order valence-electron chi connectivity index (χ2n) is 5.16. The molecular formula is C17H17BrO. The summed E-state index contributed by atoms with van der Waals surface area (Å²) < 4.78 is 6.01. The van der Waals surface area contributed by atoms with Crippen molar-refractivity contribution >= 4 is 15.9 Å². The van der Waals surface area contributed by atoms with Gasteiger partial charge in [-0.05, 0) is 30.5 Å². The van der Waals surface area contributed by atoms with E-state index in [4.69, 9.17) is 4.74 Å². The van der Waals surface area contributed by atoms with Crippen LogP contribution in [-0.2, 0) is 11.8 Å². The van der Waals surface area contributed by atoms with Crippen molar-refractivity contribution in [3.05, 3.63) is 64.7 Å². The molecule has 1 nitrogen and oxygen atoms in total. The van der Waals surface area contributed by atoms with Gasteiger partial charge >= 0.3 is 0 Å². The van der Waals surface area contributed by atoms with Gasteiger partial charge in [-0.15, -0.1) is 0 Å². The summed E-state index contributed by atoms with van der Waals surface area (Å²) in [7, 11) is 0. The summed E-state index contributed by atoms with van der Waals surface area (Å²) in [5.41, 5.74) is 5.43. The summed E-state index contributed by atoms with van der Waals surface area (Å²) in [4.78, 5) is 0. The molecular weight excluding hydrogens is 300 g/mol. The van der Waals surface area contributed by atoms with E-state index in [1.165, 1.54) is 22.3 Å². The molecule has 3 rings (SSSR count). The molecule has 98 valence electrons. The zero-order valence-electron chi connectivity index (χ0n) is 11.0. The lowest BCUT2D eigenvalue weighted by molar-refractivity contribution is 0.273. The van der Waals surface area contributed by atoms with Gasteiger partial charge in [-0.2, -0.15) is 0 Å². The van der Waals surface area contributed by atoms with Crippen molar-refractivity contribution in [2.24, 2.45) is 0 Å². The van der Waals surface area contributed by atoms with Gasteiger partial charge < -0.3 is 4.74 Å². The molecule has 0 radical (unpaired) electrons. The van der Waals surface area contributed by atoms with Gasteiger partial charge in [-0.25, -0.2) is 0 Å². The fourth-order valence-corrected chi connectivity index (χ4v) is 3.09. The molecule has 1 unspecified atom stereocenters. The number of halogens is 1. The number of alkyl halides is 1. The number of fused-ring (bicyclic) bond motifs is 1. The minimum Gasteiger partial charge on any atom is -0.493 e. The molecule has 0 saturated carbocycles. The number of hydrogen-bond acceptors (Lipinski definition) is 1. The van der Waals surface area contributed by atoms with E-state index in [2.05, 4.69) is 65.3 Å². The van der Waals surface area contributed by atoms with Crippen molar-refractivity contribution in [2.75, 3.05) is 6.61 Å². The van der Waals surface area contributed by atoms with Gasteiger partial charge in [0.05, 0.1) is 6.61 Å². The molecule has 2 aromatic carbocycles. The Bertz CT molecular complexity index is 592. The topological polar surface area (TPSA) is 9.23 Å². The van der Waals surface area contributed by atoms with Crippen molar-refractivity contribution < 1.29 is 4.74 Å². The van der Waals surface area contributed by atoms with E-state index in [0.717, 1.165) is 24.1 Å². The van der Waals surface area contributed by atoms with Crippen LogP contribution in [0.4, 0.5) is 0 Å². The van der Waals surface area contributed by atoms with Crippen LogP contribution in [0, 0.1) is 6.92 Å². The Kier molecular flexibility index (Phi) is 3.61. The molecule has 0 aromatic heterocycles. The molecule has 0 heterocycles. The minimum absolute atomic E-state index is 0.556. The number of ether oxygens (including phenoxy) is 1. The molecule has 2 aromatic rings. The third-order valence-electron chi connectivity index (χ3n) is 3.76. The van der Waals surface area contributed by atoms with Crippen LogP contribution in [0.1, 0.15) is 28.2 Å². The van der Waals surface area contributed by atoms with E-state index in [1.54, 1.807) is 0 Å². The van der Waals surface area contributed by atoms with E-state index in [-0.39, 0.29) is 0 Å². The number of aryl methyl sites for hydroxylation is 1. The van der Waals surface area contributed by atoms with E-state index in [9.17, 15) is 0 Å². The summed E-state index contributed by atoms with van der Waals surface area (Å²) in [6.07, 6.45) is 1.14. The van der Waals surface area contributed by atoms with Crippen LogP contribution >= 0.6 is 15.9 Å². The Morgan fingerprint density at radius 2 is 2.05 bits per heavy atom. The van der Waals surface area contributed by atoms with Gasteiger partial charge in [0.1, 0.15) is 5.75 Å². The molecule has 0 saturated heterocycles. The first-order valence-corrected chi connectivity index (χ1v) is 7.76. The van der Waals surface area contributed by atoms with Crippen LogP contribution < -0.4 is 4.74 Å². The van der Waals surface area contributed by atoms with Crippen LogP contribution in [0.3, 0.4) is 0 Å². The highest BCUT2D eigenvalue weighted by Gasteiger charge is 2.25. The molecule has 1 atom stereocenters. The lowest BCUT2D eigenvalue weighted by Crippen LogP contribution is -2.23. The summed E-state index contributed by atoms with van der Waals surface area (Å²) in [5.74, 6) is 1.56. The van der Waals surface area contributed by atoms with Crippen molar-refractivity contribution in [3.8, 4) is 5.75 Å². The predicted octanol–water partition coefficient (Wildman–Crippen LogP) is 4.61. The monoisotopic (exact) mass is 316 g/mol. The predicted molar refractivity (Wildman–Crippen MR) is 82.2 cm³/mol. The maximum atomic E-state index is 6.01. The third kappa shape index (κ3) is 2.55. The zero-order valence-corrected chi connectivity index (χ0v) is 12.6. The molecule has 0 fully saturated rings. The highest BCUT2D eigenvalue weighted by molar-refractivity contribution is 9.08. The molecule has 0 amide bonds. The molecule has 1 aliphatic rings. The number of benzene rings is 2. The SMILES string of the molecule is Cc1ccc(OCC2Cc3ccccc32)c(CBr)c1. The van der Waals surface area contributed by atoms with E-state index in [1.807, 2.05) is 0 Å². The maximum absolute atomic E-state index is 6.01.